The van der Waals surface area contributed by atoms with Crippen LogP contribution in [0.4, 0.5) is 0 Å². The Kier molecular flexibility index (Phi) is 2.02. The molecule has 0 spiro atoms. The van der Waals surface area contributed by atoms with Gasteiger partial charge in [0.2, 0.25) is 0 Å². The first-order chi connectivity index (χ1) is 3.12. The SMILES string of the molecule is C=CS(C)(=N)=NC. The second-order valence-corrected chi connectivity index (χ2v) is 3.86. The van der Waals surface area contributed by atoms with Crippen molar-refractivity contribution in [3.8, 4) is 0 Å². The highest BCUT2D eigenvalue weighted by Crippen LogP contribution is 1.88. The summed E-state index contributed by atoms with van der Waals surface area (Å²) < 4.78 is 11.0. The van der Waals surface area contributed by atoms with Gasteiger partial charge in [0, 0.05) is 13.3 Å². The molecule has 42 valence electrons. The predicted octanol–water partition coefficient (Wildman–Crippen LogP) is 1.49. The minimum atomic E-state index is -1.52. The molecule has 0 heterocycles. The van der Waals surface area contributed by atoms with E-state index in [4.69, 9.17) is 4.78 Å². The van der Waals surface area contributed by atoms with E-state index in [1.165, 1.54) is 0 Å². The number of hydrogen-bond acceptors (Lipinski definition) is 2. The van der Waals surface area contributed by atoms with Gasteiger partial charge in [-0.25, -0.2) is 0 Å². The van der Waals surface area contributed by atoms with E-state index in [0.717, 1.165) is 0 Å². The Balaban J connectivity index is 4.50. The summed E-state index contributed by atoms with van der Waals surface area (Å²) in [6.45, 7) is 3.46. The molecule has 0 amide bonds. The lowest BCUT2D eigenvalue weighted by molar-refractivity contribution is 1.47. The van der Waals surface area contributed by atoms with Gasteiger partial charge in [-0.3, -0.25) is 9.14 Å². The number of nitrogens with zero attached hydrogens (tertiary/aromatic N) is 1. The van der Waals surface area contributed by atoms with Crippen molar-refractivity contribution in [2.75, 3.05) is 13.3 Å². The summed E-state index contributed by atoms with van der Waals surface area (Å²) in [5.74, 6) is 0. The standard InChI is InChI=1S/C4H10N2S/c1-4-7(3,5)6-2/h4-5H,1H2,2-3H3. The first-order valence-corrected chi connectivity index (χ1v) is 3.95. The average molecular weight is 118 g/mol. The third-order valence-corrected chi connectivity index (χ3v) is 2.11. The van der Waals surface area contributed by atoms with Crippen molar-refractivity contribution < 1.29 is 0 Å². The van der Waals surface area contributed by atoms with Crippen LogP contribution in [0.3, 0.4) is 0 Å². The Bertz CT molecular complexity index is 163. The minimum absolute atomic E-state index is 1.52. The zero-order chi connectivity index (χ0) is 5.91. The summed E-state index contributed by atoms with van der Waals surface area (Å²) >= 11 is 0. The fraction of sp³-hybridized carbons (Fsp3) is 0.500. The summed E-state index contributed by atoms with van der Waals surface area (Å²) in [5, 5.41) is 1.58. The molecule has 0 aliphatic rings. The molecule has 0 rings (SSSR count). The Labute approximate surface area is 44.9 Å². The molecule has 2 nitrogen and oxygen atoms in total. The van der Waals surface area contributed by atoms with E-state index >= 15 is 0 Å². The molecule has 0 aromatic carbocycles. The normalized spacial score (nSPS) is 17.4. The molecule has 3 heteroatoms. The molecular weight excluding hydrogens is 108 g/mol. The van der Waals surface area contributed by atoms with Crippen LogP contribution in [-0.4, -0.2) is 13.3 Å². The molecule has 0 saturated heterocycles. The fourth-order valence-corrected chi connectivity index (χ4v) is 0.224. The Morgan fingerprint density at radius 3 is 2.29 bits per heavy atom. The lowest BCUT2D eigenvalue weighted by Crippen LogP contribution is -1.82. The van der Waals surface area contributed by atoms with Gasteiger partial charge in [0.05, 0.1) is 0 Å². The van der Waals surface area contributed by atoms with E-state index in [0.29, 0.717) is 0 Å². The lowest BCUT2D eigenvalue weighted by atomic mass is 11.3. The Morgan fingerprint density at radius 1 is 1.86 bits per heavy atom. The van der Waals surface area contributed by atoms with Gasteiger partial charge in [0.25, 0.3) is 0 Å². The topological polar surface area (TPSA) is 36.2 Å². The van der Waals surface area contributed by atoms with Crippen LogP contribution in [0.1, 0.15) is 0 Å². The van der Waals surface area contributed by atoms with E-state index in [1.807, 2.05) is 0 Å². The van der Waals surface area contributed by atoms with E-state index in [9.17, 15) is 0 Å². The summed E-state index contributed by atoms with van der Waals surface area (Å²) in [5.41, 5.74) is 0. The molecule has 0 aromatic heterocycles. The molecule has 1 atom stereocenters. The van der Waals surface area contributed by atoms with E-state index in [1.54, 1.807) is 18.7 Å². The maximum atomic E-state index is 7.22. The zero-order valence-electron chi connectivity index (χ0n) is 4.64. The van der Waals surface area contributed by atoms with Crippen LogP contribution >= 0.6 is 0 Å². The van der Waals surface area contributed by atoms with Gasteiger partial charge in [-0.2, -0.15) is 0 Å². The molecule has 0 aromatic rings. The van der Waals surface area contributed by atoms with Crippen molar-refractivity contribution >= 4 is 9.62 Å². The number of nitrogens with one attached hydrogen (secondary N) is 1. The van der Waals surface area contributed by atoms with E-state index in [2.05, 4.69) is 10.9 Å². The third kappa shape index (κ3) is 2.39. The Morgan fingerprint density at radius 2 is 2.29 bits per heavy atom. The molecule has 1 N–H and O–H groups in total. The van der Waals surface area contributed by atoms with Gasteiger partial charge in [0.15, 0.2) is 0 Å². The molecule has 0 fully saturated rings. The molecule has 0 aliphatic carbocycles. The second-order valence-electron chi connectivity index (χ2n) is 1.29. The number of hydrogen-bond donors (Lipinski definition) is 1. The smallest absolute Gasteiger partial charge is 0.0359 e. The first kappa shape index (κ1) is 6.69. The largest absolute Gasteiger partial charge is 0.267 e. The van der Waals surface area contributed by atoms with Crippen LogP contribution in [0.25, 0.3) is 0 Å². The van der Waals surface area contributed by atoms with Gasteiger partial charge < -0.3 is 0 Å². The zero-order valence-corrected chi connectivity index (χ0v) is 5.46. The van der Waals surface area contributed by atoms with Crippen LogP contribution < -0.4 is 0 Å². The Hall–Kier alpha value is -0.310. The van der Waals surface area contributed by atoms with Crippen LogP contribution in [-0.2, 0) is 9.62 Å². The van der Waals surface area contributed by atoms with Crippen molar-refractivity contribution in [1.29, 1.82) is 4.78 Å². The van der Waals surface area contributed by atoms with Gasteiger partial charge >= 0.3 is 0 Å². The molecule has 0 radical (unpaired) electrons. The van der Waals surface area contributed by atoms with E-state index < -0.39 is 9.62 Å². The highest BCUT2D eigenvalue weighted by atomic mass is 32.2. The van der Waals surface area contributed by atoms with Gasteiger partial charge in [-0.05, 0) is 15.0 Å². The van der Waals surface area contributed by atoms with Gasteiger partial charge in [0.1, 0.15) is 0 Å². The van der Waals surface area contributed by atoms with E-state index in [-0.39, 0.29) is 0 Å². The van der Waals surface area contributed by atoms with Crippen LogP contribution in [0.5, 0.6) is 0 Å². The summed E-state index contributed by atoms with van der Waals surface area (Å²) in [7, 11) is 0.124. The lowest BCUT2D eigenvalue weighted by Gasteiger charge is -1.92. The third-order valence-electron chi connectivity index (χ3n) is 0.704. The molecule has 0 saturated carbocycles. The number of rotatable bonds is 1. The minimum Gasteiger partial charge on any atom is -0.267 e. The van der Waals surface area contributed by atoms with Crippen molar-refractivity contribution in [1.82, 2.24) is 0 Å². The average Bonchev–Trinajstić information content (AvgIpc) is 1.68. The highest BCUT2D eigenvalue weighted by molar-refractivity contribution is 7.96. The predicted molar refractivity (Wildman–Crippen MR) is 34.6 cm³/mol. The highest BCUT2D eigenvalue weighted by Gasteiger charge is 1.77. The summed E-state index contributed by atoms with van der Waals surface area (Å²) in [6.07, 6.45) is 1.76. The molecule has 0 aliphatic heterocycles. The van der Waals surface area contributed by atoms with Crippen LogP contribution in [0.2, 0.25) is 0 Å². The molecule has 0 bridgehead atoms. The maximum Gasteiger partial charge on any atom is 0.0359 e. The van der Waals surface area contributed by atoms with Crippen molar-refractivity contribution in [2.45, 2.75) is 0 Å². The van der Waals surface area contributed by atoms with Gasteiger partial charge in [-0.15, -0.1) is 0 Å². The fourth-order valence-electron chi connectivity index (χ4n) is 0.0745. The molecule has 7 heavy (non-hydrogen) atoms. The van der Waals surface area contributed by atoms with Crippen LogP contribution in [0.15, 0.2) is 16.3 Å². The monoisotopic (exact) mass is 118 g/mol. The summed E-state index contributed by atoms with van der Waals surface area (Å²) in [4.78, 5) is 0. The van der Waals surface area contributed by atoms with Crippen LogP contribution in [0, 0.1) is 4.78 Å². The maximum absolute atomic E-state index is 7.22. The van der Waals surface area contributed by atoms with Crippen molar-refractivity contribution in [3.05, 3.63) is 12.0 Å². The van der Waals surface area contributed by atoms with Gasteiger partial charge in [-0.1, -0.05) is 6.58 Å². The molecule has 1 unspecified atom stereocenters. The second kappa shape index (κ2) is 2.12. The van der Waals surface area contributed by atoms with Crippen molar-refractivity contribution in [2.24, 2.45) is 4.36 Å². The quantitative estimate of drug-likeness (QED) is 0.541. The summed E-state index contributed by atoms with van der Waals surface area (Å²) in [6, 6.07) is 0. The van der Waals surface area contributed by atoms with Crippen molar-refractivity contribution in [3.63, 3.8) is 0 Å². The first-order valence-electron chi connectivity index (χ1n) is 1.89. The molecular formula is C4H10N2S.